The molecule has 0 aliphatic carbocycles. The second-order valence-corrected chi connectivity index (χ2v) is 8.23. The molecule has 1 aromatic carbocycles. The standard InChI is InChI=1S/C20H23N3O2S/c1-3-16-15-10-12-26-17(15)9-11-22(16)13-23-18(24)20(2,21-19(23)25)14-7-5-4-6-8-14/h4-8,10,12,16H,3,9,11,13H2,1-2H3,(H,21,25)/p+1/t16-,20-/m1/s1. The van der Waals surface area contributed by atoms with E-state index < -0.39 is 5.54 Å². The summed E-state index contributed by atoms with van der Waals surface area (Å²) in [4.78, 5) is 29.9. The van der Waals surface area contributed by atoms with E-state index in [9.17, 15) is 9.59 Å². The molecule has 1 unspecified atom stereocenters. The normalized spacial score (nSPS) is 28.2. The van der Waals surface area contributed by atoms with Crippen molar-refractivity contribution in [1.29, 1.82) is 0 Å². The van der Waals surface area contributed by atoms with Crippen molar-refractivity contribution in [1.82, 2.24) is 10.2 Å². The molecule has 2 N–H and O–H groups in total. The van der Waals surface area contributed by atoms with Gasteiger partial charge in [-0.1, -0.05) is 37.3 Å². The Hall–Kier alpha value is -2.18. The molecule has 5 nitrogen and oxygen atoms in total. The molecule has 3 amide bonds. The number of urea groups is 1. The van der Waals surface area contributed by atoms with Crippen LogP contribution in [0.25, 0.3) is 0 Å². The largest absolute Gasteiger partial charge is 0.329 e. The number of benzene rings is 1. The zero-order valence-electron chi connectivity index (χ0n) is 15.1. The summed E-state index contributed by atoms with van der Waals surface area (Å²) < 4.78 is 0. The molecule has 0 spiro atoms. The summed E-state index contributed by atoms with van der Waals surface area (Å²) in [6, 6.07) is 11.7. The van der Waals surface area contributed by atoms with Gasteiger partial charge in [0.15, 0.2) is 6.67 Å². The second-order valence-electron chi connectivity index (χ2n) is 7.23. The lowest BCUT2D eigenvalue weighted by molar-refractivity contribution is -0.940. The van der Waals surface area contributed by atoms with Crippen LogP contribution in [0.5, 0.6) is 0 Å². The van der Waals surface area contributed by atoms with Crippen molar-refractivity contribution in [3.63, 3.8) is 0 Å². The number of hydrogen-bond acceptors (Lipinski definition) is 3. The lowest BCUT2D eigenvalue weighted by Gasteiger charge is -2.34. The van der Waals surface area contributed by atoms with Gasteiger partial charge in [-0.05, 0) is 23.9 Å². The molecule has 2 aliphatic rings. The van der Waals surface area contributed by atoms with Gasteiger partial charge in [-0.25, -0.2) is 9.69 Å². The van der Waals surface area contributed by atoms with Gasteiger partial charge in [0.2, 0.25) is 0 Å². The minimum Gasteiger partial charge on any atom is -0.319 e. The molecule has 26 heavy (non-hydrogen) atoms. The molecule has 0 saturated carbocycles. The molecule has 3 heterocycles. The number of carbonyl (C=O) groups is 2. The molecule has 4 rings (SSSR count). The van der Waals surface area contributed by atoms with E-state index in [0.717, 1.165) is 24.9 Å². The van der Waals surface area contributed by atoms with Crippen LogP contribution in [0.2, 0.25) is 0 Å². The van der Waals surface area contributed by atoms with E-state index in [2.05, 4.69) is 23.7 Å². The van der Waals surface area contributed by atoms with Crippen molar-refractivity contribution in [2.45, 2.75) is 38.3 Å². The Kier molecular flexibility index (Phi) is 4.32. The third kappa shape index (κ3) is 2.64. The van der Waals surface area contributed by atoms with E-state index >= 15 is 0 Å². The monoisotopic (exact) mass is 370 g/mol. The highest BCUT2D eigenvalue weighted by Gasteiger charge is 2.50. The summed E-state index contributed by atoms with van der Waals surface area (Å²) in [6.07, 6.45) is 2.01. The number of fused-ring (bicyclic) bond motifs is 1. The summed E-state index contributed by atoms with van der Waals surface area (Å²) >= 11 is 1.81. The van der Waals surface area contributed by atoms with Gasteiger partial charge in [0.05, 0.1) is 6.54 Å². The van der Waals surface area contributed by atoms with Crippen LogP contribution >= 0.6 is 11.3 Å². The summed E-state index contributed by atoms with van der Waals surface area (Å²) in [5.74, 6) is -0.160. The summed E-state index contributed by atoms with van der Waals surface area (Å²) in [6.45, 7) is 5.34. The first kappa shape index (κ1) is 17.2. The molecule has 2 aliphatic heterocycles. The Morgan fingerprint density at radius 2 is 2.04 bits per heavy atom. The number of carbonyl (C=O) groups excluding carboxylic acids is 2. The summed E-state index contributed by atoms with van der Waals surface area (Å²) in [7, 11) is 0. The van der Waals surface area contributed by atoms with Crippen LogP contribution < -0.4 is 10.2 Å². The maximum absolute atomic E-state index is 13.1. The van der Waals surface area contributed by atoms with Crippen molar-refractivity contribution in [2.75, 3.05) is 13.2 Å². The van der Waals surface area contributed by atoms with E-state index in [-0.39, 0.29) is 11.9 Å². The Morgan fingerprint density at radius 1 is 1.27 bits per heavy atom. The fourth-order valence-electron chi connectivity index (χ4n) is 4.24. The molecule has 6 heteroatoms. The first-order valence-electron chi connectivity index (χ1n) is 9.15. The van der Waals surface area contributed by atoms with Gasteiger partial charge in [0.25, 0.3) is 5.91 Å². The van der Waals surface area contributed by atoms with Crippen molar-refractivity contribution in [2.24, 2.45) is 0 Å². The molecule has 136 valence electrons. The van der Waals surface area contributed by atoms with Crippen molar-refractivity contribution >= 4 is 23.3 Å². The maximum Gasteiger partial charge on any atom is 0.329 e. The van der Waals surface area contributed by atoms with Crippen LogP contribution in [-0.2, 0) is 16.8 Å². The van der Waals surface area contributed by atoms with Gasteiger partial charge < -0.3 is 10.2 Å². The van der Waals surface area contributed by atoms with Crippen LogP contribution in [0.3, 0.4) is 0 Å². The lowest BCUT2D eigenvalue weighted by atomic mass is 9.92. The van der Waals surface area contributed by atoms with Gasteiger partial charge in [0, 0.05) is 23.3 Å². The number of thiophene rings is 1. The van der Waals surface area contributed by atoms with E-state index in [1.165, 1.54) is 20.2 Å². The first-order valence-corrected chi connectivity index (χ1v) is 10.0. The Bertz CT molecular complexity index is 835. The van der Waals surface area contributed by atoms with E-state index in [1.807, 2.05) is 41.7 Å². The predicted molar refractivity (Wildman–Crippen MR) is 101 cm³/mol. The molecule has 1 fully saturated rings. The number of nitrogens with zero attached hydrogens (tertiary/aromatic N) is 1. The molecular formula is C20H24N3O2S+. The summed E-state index contributed by atoms with van der Waals surface area (Å²) in [5, 5.41) is 5.06. The minimum absolute atomic E-state index is 0.160. The molecule has 2 aromatic rings. The van der Waals surface area contributed by atoms with Crippen LogP contribution in [0.1, 0.15) is 42.3 Å². The first-order chi connectivity index (χ1) is 12.5. The van der Waals surface area contributed by atoms with Crippen LogP contribution in [0.4, 0.5) is 4.79 Å². The van der Waals surface area contributed by atoms with Crippen molar-refractivity contribution in [3.8, 4) is 0 Å². The zero-order chi connectivity index (χ0) is 18.3. The van der Waals surface area contributed by atoms with Gasteiger partial charge >= 0.3 is 6.03 Å². The van der Waals surface area contributed by atoms with E-state index in [1.54, 1.807) is 6.92 Å². The van der Waals surface area contributed by atoms with Crippen molar-refractivity contribution < 1.29 is 14.5 Å². The Morgan fingerprint density at radius 3 is 2.77 bits per heavy atom. The third-order valence-electron chi connectivity index (χ3n) is 5.72. The van der Waals surface area contributed by atoms with Crippen LogP contribution in [-0.4, -0.2) is 30.1 Å². The third-order valence-corrected chi connectivity index (χ3v) is 6.71. The van der Waals surface area contributed by atoms with E-state index in [0.29, 0.717) is 12.7 Å². The predicted octanol–water partition coefficient (Wildman–Crippen LogP) is 2.06. The van der Waals surface area contributed by atoms with Crippen LogP contribution in [0, 0.1) is 0 Å². The van der Waals surface area contributed by atoms with E-state index in [4.69, 9.17) is 0 Å². The minimum atomic E-state index is -0.983. The number of hydrogen-bond donors (Lipinski definition) is 2. The quantitative estimate of drug-likeness (QED) is 0.810. The highest BCUT2D eigenvalue weighted by molar-refractivity contribution is 7.10. The summed E-state index contributed by atoms with van der Waals surface area (Å²) in [5.41, 5.74) is 1.22. The van der Waals surface area contributed by atoms with Crippen LogP contribution in [0.15, 0.2) is 41.8 Å². The number of amides is 3. The highest BCUT2D eigenvalue weighted by Crippen LogP contribution is 2.29. The lowest BCUT2D eigenvalue weighted by Crippen LogP contribution is -3.14. The number of rotatable bonds is 4. The second kappa shape index (κ2) is 6.52. The average molecular weight is 370 g/mol. The molecular weight excluding hydrogens is 346 g/mol. The zero-order valence-corrected chi connectivity index (χ0v) is 15.9. The number of quaternary nitrogens is 1. The number of imide groups is 1. The maximum atomic E-state index is 13.1. The molecule has 1 aromatic heterocycles. The fourth-order valence-corrected chi connectivity index (χ4v) is 5.19. The Balaban J connectivity index is 1.57. The van der Waals surface area contributed by atoms with Crippen molar-refractivity contribution in [3.05, 3.63) is 57.8 Å². The molecule has 0 radical (unpaired) electrons. The SMILES string of the molecule is CC[C@@H]1c2ccsc2CC[NH+]1CN1C(=O)N[C@](C)(c2ccccc2)C1=O. The molecule has 1 saturated heterocycles. The smallest absolute Gasteiger partial charge is 0.319 e. The topological polar surface area (TPSA) is 53.9 Å². The highest BCUT2D eigenvalue weighted by atomic mass is 32.1. The van der Waals surface area contributed by atoms with Gasteiger partial charge in [-0.3, -0.25) is 4.79 Å². The number of nitrogens with one attached hydrogen (secondary N) is 2. The Labute approximate surface area is 157 Å². The van der Waals surface area contributed by atoms with Gasteiger partial charge in [-0.2, -0.15) is 0 Å². The van der Waals surface area contributed by atoms with Gasteiger partial charge in [-0.15, -0.1) is 11.3 Å². The average Bonchev–Trinajstić information content (AvgIpc) is 3.21. The molecule has 3 atom stereocenters. The molecule has 0 bridgehead atoms. The fraction of sp³-hybridized carbons (Fsp3) is 0.400. The van der Waals surface area contributed by atoms with Gasteiger partial charge in [0.1, 0.15) is 11.6 Å².